The van der Waals surface area contributed by atoms with Gasteiger partial charge in [-0.25, -0.2) is 0 Å². The van der Waals surface area contributed by atoms with E-state index >= 15 is 0 Å². The lowest BCUT2D eigenvalue weighted by Crippen LogP contribution is -2.50. The number of benzene rings is 1. The molecular formula is C22H33ClN4O2. The minimum absolute atomic E-state index is 0. The second kappa shape index (κ2) is 10.4. The highest BCUT2D eigenvalue weighted by molar-refractivity contribution is 5.85. The van der Waals surface area contributed by atoms with Crippen LogP contribution in [0.5, 0.6) is 0 Å². The van der Waals surface area contributed by atoms with Crippen LogP contribution in [0.2, 0.25) is 0 Å². The summed E-state index contributed by atoms with van der Waals surface area (Å²) in [5, 5.41) is 3.40. The summed E-state index contributed by atoms with van der Waals surface area (Å²) < 4.78 is 0. The fraction of sp³-hybridized carbons (Fsp3) is 0.636. The Hall–Kier alpha value is -1.63. The first-order chi connectivity index (χ1) is 13.7. The standard InChI is InChI=1S/C22H32N4O2.ClH/c27-21(15-18-5-2-1-3-6-18)25-11-4-7-19(16-25)22(28)26-12-8-20(17-26)24-13-9-23-10-14-24;/h1-3,5-6,19-20,23H,4,7-17H2;1H. The zero-order valence-corrected chi connectivity index (χ0v) is 17.9. The van der Waals surface area contributed by atoms with Gasteiger partial charge in [0.2, 0.25) is 11.8 Å². The molecule has 7 heteroatoms. The van der Waals surface area contributed by atoms with Crippen LogP contribution in [0.4, 0.5) is 0 Å². The summed E-state index contributed by atoms with van der Waals surface area (Å²) in [6, 6.07) is 10.4. The maximum atomic E-state index is 13.1. The molecule has 1 aromatic rings. The normalized spacial score (nSPS) is 25.5. The van der Waals surface area contributed by atoms with Crippen molar-refractivity contribution in [2.24, 2.45) is 5.92 Å². The summed E-state index contributed by atoms with van der Waals surface area (Å²) in [5.41, 5.74) is 1.04. The van der Waals surface area contributed by atoms with Crippen molar-refractivity contribution >= 4 is 24.2 Å². The van der Waals surface area contributed by atoms with E-state index in [1.807, 2.05) is 35.2 Å². The molecule has 2 unspecified atom stereocenters. The van der Waals surface area contributed by atoms with Crippen LogP contribution in [0, 0.1) is 5.92 Å². The van der Waals surface area contributed by atoms with E-state index in [1.165, 1.54) is 0 Å². The first kappa shape index (κ1) is 22.1. The molecule has 0 aromatic heterocycles. The first-order valence-corrected chi connectivity index (χ1v) is 10.8. The molecule has 0 spiro atoms. The van der Waals surface area contributed by atoms with E-state index in [-0.39, 0.29) is 30.1 Å². The number of hydrogen-bond acceptors (Lipinski definition) is 4. The number of carbonyl (C=O) groups excluding carboxylic acids is 2. The molecule has 0 saturated carbocycles. The van der Waals surface area contributed by atoms with Crippen molar-refractivity contribution < 1.29 is 9.59 Å². The zero-order valence-electron chi connectivity index (χ0n) is 17.1. The molecule has 3 heterocycles. The quantitative estimate of drug-likeness (QED) is 0.799. The van der Waals surface area contributed by atoms with Crippen LogP contribution in [-0.2, 0) is 16.0 Å². The van der Waals surface area contributed by atoms with Crippen molar-refractivity contribution in [3.8, 4) is 0 Å². The molecule has 160 valence electrons. The van der Waals surface area contributed by atoms with Gasteiger partial charge in [-0.3, -0.25) is 14.5 Å². The fourth-order valence-corrected chi connectivity index (χ4v) is 4.83. The van der Waals surface area contributed by atoms with Crippen LogP contribution in [-0.4, -0.2) is 84.9 Å². The van der Waals surface area contributed by atoms with Crippen molar-refractivity contribution in [3.63, 3.8) is 0 Å². The van der Waals surface area contributed by atoms with Crippen LogP contribution in [0.3, 0.4) is 0 Å². The van der Waals surface area contributed by atoms with Gasteiger partial charge >= 0.3 is 0 Å². The largest absolute Gasteiger partial charge is 0.342 e. The summed E-state index contributed by atoms with van der Waals surface area (Å²) in [5.74, 6) is 0.369. The lowest BCUT2D eigenvalue weighted by Gasteiger charge is -2.35. The Kier molecular flexibility index (Phi) is 7.92. The van der Waals surface area contributed by atoms with Gasteiger partial charge in [0.15, 0.2) is 0 Å². The zero-order chi connectivity index (χ0) is 19.3. The third-order valence-corrected chi connectivity index (χ3v) is 6.46. The Labute approximate surface area is 180 Å². The Morgan fingerprint density at radius 2 is 1.69 bits per heavy atom. The van der Waals surface area contributed by atoms with Gasteiger partial charge in [-0.15, -0.1) is 12.4 Å². The summed E-state index contributed by atoms with van der Waals surface area (Å²) in [6.07, 6.45) is 3.33. The molecule has 4 rings (SSSR count). The molecular weight excluding hydrogens is 388 g/mol. The van der Waals surface area contributed by atoms with Crippen LogP contribution >= 0.6 is 12.4 Å². The van der Waals surface area contributed by atoms with Crippen LogP contribution in [0.1, 0.15) is 24.8 Å². The van der Waals surface area contributed by atoms with Crippen LogP contribution < -0.4 is 5.32 Å². The number of amides is 2. The van der Waals surface area contributed by atoms with E-state index in [0.29, 0.717) is 19.0 Å². The Bertz CT molecular complexity index is 681. The molecule has 0 aliphatic carbocycles. The Balaban J connectivity index is 0.00000240. The highest BCUT2D eigenvalue weighted by Crippen LogP contribution is 2.24. The van der Waals surface area contributed by atoms with Gasteiger partial charge in [0.25, 0.3) is 0 Å². The highest BCUT2D eigenvalue weighted by atomic mass is 35.5. The Morgan fingerprint density at radius 1 is 0.931 bits per heavy atom. The Morgan fingerprint density at radius 3 is 2.45 bits per heavy atom. The second-order valence-corrected chi connectivity index (χ2v) is 8.35. The molecule has 0 bridgehead atoms. The molecule has 1 N–H and O–H groups in total. The predicted molar refractivity (Wildman–Crippen MR) is 116 cm³/mol. The lowest BCUT2D eigenvalue weighted by atomic mass is 9.96. The number of rotatable bonds is 4. The number of carbonyl (C=O) groups is 2. The number of piperazine rings is 1. The van der Waals surface area contributed by atoms with Crippen molar-refractivity contribution in [2.45, 2.75) is 31.7 Å². The van der Waals surface area contributed by atoms with E-state index < -0.39 is 0 Å². The van der Waals surface area contributed by atoms with E-state index in [9.17, 15) is 9.59 Å². The minimum atomic E-state index is -0.0322. The number of halogens is 1. The molecule has 1 aromatic carbocycles. The minimum Gasteiger partial charge on any atom is -0.342 e. The molecule has 2 amide bonds. The van der Waals surface area contributed by atoms with E-state index in [1.54, 1.807) is 0 Å². The monoisotopic (exact) mass is 420 g/mol. The smallest absolute Gasteiger partial charge is 0.227 e. The molecule has 3 aliphatic rings. The number of nitrogens with zero attached hydrogens (tertiary/aromatic N) is 3. The first-order valence-electron chi connectivity index (χ1n) is 10.8. The molecule has 29 heavy (non-hydrogen) atoms. The van der Waals surface area contributed by atoms with Gasteiger partial charge in [-0.2, -0.15) is 0 Å². The van der Waals surface area contributed by atoms with Gasteiger partial charge in [-0.05, 0) is 24.8 Å². The topological polar surface area (TPSA) is 55.9 Å². The maximum absolute atomic E-state index is 13.1. The average molecular weight is 421 g/mol. The van der Waals surface area contributed by atoms with Crippen molar-refractivity contribution in [1.82, 2.24) is 20.0 Å². The summed E-state index contributed by atoms with van der Waals surface area (Å²) in [4.78, 5) is 32.3. The van der Waals surface area contributed by atoms with E-state index in [4.69, 9.17) is 0 Å². The molecule has 2 atom stereocenters. The molecule has 3 saturated heterocycles. The number of piperidine rings is 1. The van der Waals surface area contributed by atoms with E-state index in [2.05, 4.69) is 15.1 Å². The number of nitrogens with one attached hydrogen (secondary N) is 1. The number of hydrogen-bond donors (Lipinski definition) is 1. The molecule has 3 aliphatic heterocycles. The molecule has 6 nitrogen and oxygen atoms in total. The molecule has 3 fully saturated rings. The summed E-state index contributed by atoms with van der Waals surface area (Å²) in [7, 11) is 0. The summed E-state index contributed by atoms with van der Waals surface area (Å²) in [6.45, 7) is 7.33. The van der Waals surface area contributed by atoms with Crippen molar-refractivity contribution in [2.75, 3.05) is 52.4 Å². The average Bonchev–Trinajstić information content (AvgIpc) is 3.25. The highest BCUT2D eigenvalue weighted by Gasteiger charge is 2.36. The number of likely N-dealkylation sites (tertiary alicyclic amines) is 2. The third-order valence-electron chi connectivity index (χ3n) is 6.46. The SMILES string of the molecule is Cl.O=C(Cc1ccccc1)N1CCCC(C(=O)N2CCC(N3CCNCC3)C2)C1. The summed E-state index contributed by atoms with van der Waals surface area (Å²) >= 11 is 0. The van der Waals surface area contributed by atoms with Gasteiger partial charge in [0.05, 0.1) is 12.3 Å². The van der Waals surface area contributed by atoms with Crippen molar-refractivity contribution in [1.29, 1.82) is 0 Å². The van der Waals surface area contributed by atoms with Crippen molar-refractivity contribution in [3.05, 3.63) is 35.9 Å². The molecule has 0 radical (unpaired) electrons. The van der Waals surface area contributed by atoms with E-state index in [0.717, 1.165) is 70.6 Å². The fourth-order valence-electron chi connectivity index (χ4n) is 4.83. The second-order valence-electron chi connectivity index (χ2n) is 8.35. The van der Waals surface area contributed by atoms with Gasteiger partial charge in [0.1, 0.15) is 0 Å². The predicted octanol–water partition coefficient (Wildman–Crippen LogP) is 1.40. The van der Waals surface area contributed by atoms with Gasteiger partial charge in [0, 0.05) is 58.4 Å². The lowest BCUT2D eigenvalue weighted by molar-refractivity contribution is -0.140. The van der Waals surface area contributed by atoms with Gasteiger partial charge < -0.3 is 15.1 Å². The van der Waals surface area contributed by atoms with Crippen LogP contribution in [0.25, 0.3) is 0 Å². The third kappa shape index (κ3) is 5.50. The maximum Gasteiger partial charge on any atom is 0.227 e. The van der Waals surface area contributed by atoms with Crippen LogP contribution in [0.15, 0.2) is 30.3 Å². The van der Waals surface area contributed by atoms with Gasteiger partial charge in [-0.1, -0.05) is 30.3 Å².